The number of aldehydes is 1. The average Bonchev–Trinajstić information content (AvgIpc) is 2.91. The van der Waals surface area contributed by atoms with Gasteiger partial charge in [0.1, 0.15) is 12.1 Å². The van der Waals surface area contributed by atoms with Crippen LogP contribution in [0.3, 0.4) is 0 Å². The van der Waals surface area contributed by atoms with Gasteiger partial charge in [-0.2, -0.15) is 0 Å². The Balaban J connectivity index is 1.76. The SMILES string of the molecule is CC(C)CCC(=O)C(C)CCC[C@]1(C)OC[C@]2(CC=O)CC[C@H]1O2. The fraction of sp³-hybridized carbons (Fsp3) is 0.900. The minimum Gasteiger partial charge on any atom is -0.370 e. The van der Waals surface area contributed by atoms with Crippen molar-refractivity contribution in [3.63, 3.8) is 0 Å². The van der Waals surface area contributed by atoms with Gasteiger partial charge in [0.15, 0.2) is 0 Å². The predicted octanol–water partition coefficient (Wildman–Crippen LogP) is 4.09. The van der Waals surface area contributed by atoms with E-state index in [1.807, 2.05) is 6.92 Å². The standard InChI is InChI=1S/C20H34O4/c1-15(2)7-8-17(22)16(3)6-5-10-19(4)18-9-11-20(24-18,12-13-21)14-23-19/h13,15-16,18H,5-12,14H2,1-4H3/t16?,18-,19+,20-/m1/s1. The highest BCUT2D eigenvalue weighted by molar-refractivity contribution is 5.80. The van der Waals surface area contributed by atoms with Gasteiger partial charge in [-0.3, -0.25) is 4.79 Å². The van der Waals surface area contributed by atoms with Crippen LogP contribution in [0.2, 0.25) is 0 Å². The van der Waals surface area contributed by atoms with Gasteiger partial charge in [0.25, 0.3) is 0 Å². The van der Waals surface area contributed by atoms with E-state index < -0.39 is 0 Å². The van der Waals surface area contributed by atoms with Crippen molar-refractivity contribution in [1.82, 2.24) is 0 Å². The summed E-state index contributed by atoms with van der Waals surface area (Å²) in [6.45, 7) is 9.01. The second-order valence-electron chi connectivity index (χ2n) is 8.49. The van der Waals surface area contributed by atoms with Crippen molar-refractivity contribution in [2.24, 2.45) is 11.8 Å². The first-order valence-electron chi connectivity index (χ1n) is 9.58. The first-order chi connectivity index (χ1) is 11.3. The molecule has 2 saturated heterocycles. The third-order valence-electron chi connectivity index (χ3n) is 5.88. The first kappa shape index (κ1) is 19.6. The van der Waals surface area contributed by atoms with Crippen LogP contribution in [0, 0.1) is 11.8 Å². The fourth-order valence-electron chi connectivity index (χ4n) is 3.93. The fourth-order valence-corrected chi connectivity index (χ4v) is 3.93. The molecule has 0 aromatic rings. The van der Waals surface area contributed by atoms with Crippen molar-refractivity contribution in [3.8, 4) is 0 Å². The number of fused-ring (bicyclic) bond motifs is 2. The predicted molar refractivity (Wildman–Crippen MR) is 94.0 cm³/mol. The maximum absolute atomic E-state index is 12.2. The maximum atomic E-state index is 12.2. The number of Topliss-reactive ketones (excluding diaryl/α,β-unsaturated/α-hetero) is 1. The molecule has 2 aliphatic heterocycles. The Morgan fingerprint density at radius 1 is 1.29 bits per heavy atom. The van der Waals surface area contributed by atoms with Gasteiger partial charge in [-0.05, 0) is 51.4 Å². The minimum atomic E-state index is -0.369. The number of ketones is 1. The molecule has 0 aromatic carbocycles. The van der Waals surface area contributed by atoms with Crippen molar-refractivity contribution in [2.75, 3.05) is 6.61 Å². The molecule has 2 rings (SSSR count). The van der Waals surface area contributed by atoms with E-state index in [9.17, 15) is 9.59 Å². The summed E-state index contributed by atoms with van der Waals surface area (Å²) >= 11 is 0. The summed E-state index contributed by atoms with van der Waals surface area (Å²) in [5, 5.41) is 0. The molecule has 138 valence electrons. The number of carbonyl (C=O) groups excluding carboxylic acids is 2. The molecular formula is C20H34O4. The van der Waals surface area contributed by atoms with Gasteiger partial charge in [0, 0.05) is 18.8 Å². The molecule has 2 heterocycles. The molecule has 2 aliphatic rings. The van der Waals surface area contributed by atoms with Crippen LogP contribution >= 0.6 is 0 Å². The van der Waals surface area contributed by atoms with Crippen LogP contribution in [0.4, 0.5) is 0 Å². The highest BCUT2D eigenvalue weighted by Crippen LogP contribution is 2.45. The molecule has 2 fully saturated rings. The van der Waals surface area contributed by atoms with Gasteiger partial charge in [0.2, 0.25) is 0 Å². The molecule has 4 nitrogen and oxygen atoms in total. The van der Waals surface area contributed by atoms with Crippen LogP contribution in [0.5, 0.6) is 0 Å². The summed E-state index contributed by atoms with van der Waals surface area (Å²) in [5.41, 5.74) is -0.643. The molecule has 0 radical (unpaired) electrons. The number of hydrogen-bond donors (Lipinski definition) is 0. The van der Waals surface area contributed by atoms with Gasteiger partial charge in [-0.15, -0.1) is 0 Å². The Labute approximate surface area is 146 Å². The zero-order chi connectivity index (χ0) is 17.8. The minimum absolute atomic E-state index is 0.0816. The largest absolute Gasteiger partial charge is 0.370 e. The lowest BCUT2D eigenvalue weighted by atomic mass is 9.87. The monoisotopic (exact) mass is 338 g/mol. The molecule has 4 atom stereocenters. The Hall–Kier alpha value is -0.740. The van der Waals surface area contributed by atoms with Crippen molar-refractivity contribution < 1.29 is 19.1 Å². The van der Waals surface area contributed by atoms with Crippen molar-refractivity contribution >= 4 is 12.1 Å². The van der Waals surface area contributed by atoms with Crippen LogP contribution < -0.4 is 0 Å². The number of ether oxygens (including phenoxy) is 2. The summed E-state index contributed by atoms with van der Waals surface area (Å²) in [5.74, 6) is 1.11. The summed E-state index contributed by atoms with van der Waals surface area (Å²) in [6, 6.07) is 0. The van der Waals surface area contributed by atoms with E-state index in [1.165, 1.54) is 0 Å². The lowest BCUT2D eigenvalue weighted by Gasteiger charge is -2.44. The lowest BCUT2D eigenvalue weighted by molar-refractivity contribution is -0.240. The number of hydrogen-bond acceptors (Lipinski definition) is 4. The highest BCUT2D eigenvalue weighted by atomic mass is 16.6. The molecule has 0 saturated carbocycles. The molecule has 2 bridgehead atoms. The van der Waals surface area contributed by atoms with E-state index in [0.29, 0.717) is 31.1 Å². The average molecular weight is 338 g/mol. The zero-order valence-electron chi connectivity index (χ0n) is 15.8. The van der Waals surface area contributed by atoms with E-state index in [1.54, 1.807) is 0 Å². The van der Waals surface area contributed by atoms with Crippen LogP contribution in [0.25, 0.3) is 0 Å². The second-order valence-corrected chi connectivity index (χ2v) is 8.49. The third-order valence-corrected chi connectivity index (χ3v) is 5.88. The maximum Gasteiger partial charge on any atom is 0.135 e. The zero-order valence-corrected chi connectivity index (χ0v) is 15.8. The molecule has 24 heavy (non-hydrogen) atoms. The molecule has 0 aliphatic carbocycles. The molecule has 0 amide bonds. The van der Waals surface area contributed by atoms with E-state index >= 15 is 0 Å². The normalized spacial score (nSPS) is 33.6. The number of carbonyl (C=O) groups is 2. The molecule has 0 aromatic heterocycles. The van der Waals surface area contributed by atoms with Gasteiger partial charge in [-0.1, -0.05) is 20.8 Å². The topological polar surface area (TPSA) is 52.6 Å². The van der Waals surface area contributed by atoms with Crippen molar-refractivity contribution in [2.45, 2.75) is 96.4 Å². The smallest absolute Gasteiger partial charge is 0.135 e. The number of rotatable bonds is 10. The van der Waals surface area contributed by atoms with Crippen LogP contribution in [-0.2, 0) is 19.1 Å². The Morgan fingerprint density at radius 2 is 2.04 bits per heavy atom. The Bertz CT molecular complexity index is 447. The van der Waals surface area contributed by atoms with Gasteiger partial charge in [0.05, 0.1) is 23.9 Å². The van der Waals surface area contributed by atoms with Gasteiger partial charge >= 0.3 is 0 Å². The summed E-state index contributed by atoms with van der Waals surface area (Å²) in [7, 11) is 0. The third kappa shape index (κ3) is 4.66. The highest BCUT2D eigenvalue weighted by Gasteiger charge is 2.53. The molecular weight excluding hydrogens is 304 g/mol. The van der Waals surface area contributed by atoms with E-state index in [4.69, 9.17) is 9.47 Å². The van der Waals surface area contributed by atoms with E-state index in [2.05, 4.69) is 20.8 Å². The lowest BCUT2D eigenvalue weighted by Crippen LogP contribution is -2.52. The Kier molecular flexibility index (Phi) is 6.60. The quantitative estimate of drug-likeness (QED) is 0.563. The Morgan fingerprint density at radius 3 is 2.71 bits per heavy atom. The van der Waals surface area contributed by atoms with Crippen LogP contribution in [-0.4, -0.2) is 36.0 Å². The summed E-state index contributed by atoms with van der Waals surface area (Å²) in [4.78, 5) is 23.0. The van der Waals surface area contributed by atoms with Crippen LogP contribution in [0.1, 0.15) is 79.1 Å². The summed E-state index contributed by atoms with van der Waals surface area (Å²) in [6.07, 6.45) is 7.83. The van der Waals surface area contributed by atoms with Gasteiger partial charge < -0.3 is 14.3 Å². The van der Waals surface area contributed by atoms with Crippen molar-refractivity contribution in [1.29, 1.82) is 0 Å². The molecule has 4 heteroatoms. The summed E-state index contributed by atoms with van der Waals surface area (Å²) < 4.78 is 12.3. The van der Waals surface area contributed by atoms with Crippen LogP contribution in [0.15, 0.2) is 0 Å². The van der Waals surface area contributed by atoms with E-state index in [0.717, 1.165) is 44.8 Å². The second kappa shape index (κ2) is 8.09. The van der Waals surface area contributed by atoms with Gasteiger partial charge in [-0.25, -0.2) is 0 Å². The molecule has 0 spiro atoms. The molecule has 1 unspecified atom stereocenters. The van der Waals surface area contributed by atoms with E-state index in [-0.39, 0.29) is 23.2 Å². The first-order valence-corrected chi connectivity index (χ1v) is 9.58. The van der Waals surface area contributed by atoms with Crippen molar-refractivity contribution in [3.05, 3.63) is 0 Å². The molecule has 0 N–H and O–H groups in total.